The van der Waals surface area contributed by atoms with Crippen molar-refractivity contribution in [2.45, 2.75) is 6.92 Å². The van der Waals surface area contributed by atoms with E-state index in [2.05, 4.69) is 15.9 Å². The smallest absolute Gasteiger partial charge is 0.166 e. The summed E-state index contributed by atoms with van der Waals surface area (Å²) in [6, 6.07) is 9.94. The summed E-state index contributed by atoms with van der Waals surface area (Å²) in [5.74, 6) is 0.253. The van der Waals surface area contributed by atoms with Gasteiger partial charge in [-0.15, -0.1) is 0 Å². The fourth-order valence-corrected chi connectivity index (χ4v) is 2.19. The van der Waals surface area contributed by atoms with E-state index in [1.54, 1.807) is 12.1 Å². The van der Waals surface area contributed by atoms with Crippen molar-refractivity contribution in [2.75, 3.05) is 0 Å². The highest BCUT2D eigenvalue weighted by Crippen LogP contribution is 2.29. The van der Waals surface area contributed by atoms with Gasteiger partial charge in [0, 0.05) is 10.0 Å². The summed E-state index contributed by atoms with van der Waals surface area (Å²) in [6.45, 7) is 1.89. The first-order chi connectivity index (χ1) is 8.97. The molecule has 0 unspecified atom stereocenters. The lowest BCUT2D eigenvalue weighted by Crippen LogP contribution is -2.09. The number of ether oxygens (including phenoxy) is 1. The zero-order chi connectivity index (χ0) is 14.0. The van der Waals surface area contributed by atoms with E-state index >= 15 is 0 Å². The second-order valence-corrected chi connectivity index (χ2v) is 5.38. The van der Waals surface area contributed by atoms with Crippen LogP contribution >= 0.6 is 28.1 Å². The molecule has 0 bridgehead atoms. The van der Waals surface area contributed by atoms with Crippen LogP contribution in [0.4, 0.5) is 4.39 Å². The molecule has 5 heteroatoms. The second kappa shape index (κ2) is 5.67. The first-order valence-corrected chi connectivity index (χ1v) is 6.71. The van der Waals surface area contributed by atoms with E-state index in [4.69, 9.17) is 22.7 Å². The third kappa shape index (κ3) is 3.30. The minimum Gasteiger partial charge on any atom is -0.454 e. The van der Waals surface area contributed by atoms with Gasteiger partial charge >= 0.3 is 0 Å². The van der Waals surface area contributed by atoms with E-state index < -0.39 is 5.82 Å². The highest BCUT2D eigenvalue weighted by Gasteiger charge is 2.09. The zero-order valence-electron chi connectivity index (χ0n) is 10.1. The fraction of sp³-hybridized carbons (Fsp3) is 0.0714. The maximum Gasteiger partial charge on any atom is 0.166 e. The normalized spacial score (nSPS) is 10.3. The van der Waals surface area contributed by atoms with Crippen LogP contribution < -0.4 is 10.5 Å². The van der Waals surface area contributed by atoms with Crippen molar-refractivity contribution in [1.82, 2.24) is 0 Å². The molecule has 0 aliphatic carbocycles. The van der Waals surface area contributed by atoms with E-state index in [1.807, 2.05) is 19.1 Å². The lowest BCUT2D eigenvalue weighted by Gasteiger charge is -2.10. The van der Waals surface area contributed by atoms with Crippen molar-refractivity contribution < 1.29 is 9.13 Å². The van der Waals surface area contributed by atoms with Crippen molar-refractivity contribution in [3.63, 3.8) is 0 Å². The van der Waals surface area contributed by atoms with Crippen LogP contribution in [-0.2, 0) is 0 Å². The number of benzene rings is 2. The van der Waals surface area contributed by atoms with E-state index in [1.165, 1.54) is 12.1 Å². The summed E-state index contributed by atoms with van der Waals surface area (Å²) < 4.78 is 20.4. The molecular weight excluding hydrogens is 329 g/mol. The summed E-state index contributed by atoms with van der Waals surface area (Å²) in [7, 11) is 0. The lowest BCUT2D eigenvalue weighted by molar-refractivity contribution is 0.439. The van der Waals surface area contributed by atoms with Gasteiger partial charge in [0.2, 0.25) is 0 Å². The van der Waals surface area contributed by atoms with Crippen molar-refractivity contribution in [3.8, 4) is 11.5 Å². The molecule has 0 radical (unpaired) electrons. The van der Waals surface area contributed by atoms with Gasteiger partial charge in [0.15, 0.2) is 11.6 Å². The van der Waals surface area contributed by atoms with E-state index in [-0.39, 0.29) is 10.7 Å². The molecule has 0 spiro atoms. The Hall–Kier alpha value is -1.46. The molecule has 19 heavy (non-hydrogen) atoms. The lowest BCUT2D eigenvalue weighted by atomic mass is 10.2. The maximum atomic E-state index is 13.9. The average Bonchev–Trinajstić information content (AvgIpc) is 2.34. The topological polar surface area (TPSA) is 35.2 Å². The van der Waals surface area contributed by atoms with Crippen molar-refractivity contribution in [1.29, 1.82) is 0 Å². The van der Waals surface area contributed by atoms with E-state index in [0.29, 0.717) is 11.3 Å². The Morgan fingerprint density at radius 3 is 2.47 bits per heavy atom. The first-order valence-electron chi connectivity index (χ1n) is 5.51. The van der Waals surface area contributed by atoms with Gasteiger partial charge in [0.1, 0.15) is 10.7 Å². The Morgan fingerprint density at radius 2 is 1.89 bits per heavy atom. The van der Waals surface area contributed by atoms with Crippen molar-refractivity contribution in [3.05, 3.63) is 57.8 Å². The number of hydrogen-bond donors (Lipinski definition) is 1. The Bertz CT molecular complexity index is 645. The Kier molecular flexibility index (Phi) is 4.17. The number of hydrogen-bond acceptors (Lipinski definition) is 2. The Morgan fingerprint density at radius 1 is 1.21 bits per heavy atom. The molecule has 98 valence electrons. The predicted molar refractivity (Wildman–Crippen MR) is 81.2 cm³/mol. The van der Waals surface area contributed by atoms with Crippen LogP contribution in [0.2, 0.25) is 0 Å². The molecule has 0 fully saturated rings. The Labute approximate surface area is 124 Å². The number of aryl methyl sites for hydroxylation is 1. The van der Waals surface area contributed by atoms with Crippen LogP contribution in [0.1, 0.15) is 11.1 Å². The van der Waals surface area contributed by atoms with Gasteiger partial charge < -0.3 is 10.5 Å². The van der Waals surface area contributed by atoms with E-state index in [9.17, 15) is 4.39 Å². The SMILES string of the molecule is Cc1cc(Br)ccc1Oc1ccc(C(N)=S)cc1F. The molecule has 0 atom stereocenters. The molecule has 0 saturated heterocycles. The largest absolute Gasteiger partial charge is 0.454 e. The summed E-state index contributed by atoms with van der Waals surface area (Å²) in [6.07, 6.45) is 0. The molecule has 2 N–H and O–H groups in total. The third-order valence-corrected chi connectivity index (χ3v) is 3.30. The highest BCUT2D eigenvalue weighted by atomic mass is 79.9. The molecule has 2 rings (SSSR count). The predicted octanol–water partition coefficient (Wildman–Crippen LogP) is 4.32. The quantitative estimate of drug-likeness (QED) is 0.845. The van der Waals surface area contributed by atoms with Crippen molar-refractivity contribution >= 4 is 33.1 Å². The van der Waals surface area contributed by atoms with Crippen LogP contribution in [0.5, 0.6) is 11.5 Å². The monoisotopic (exact) mass is 339 g/mol. The molecule has 0 aliphatic rings. The molecule has 0 saturated carbocycles. The minimum absolute atomic E-state index is 0.144. The van der Waals surface area contributed by atoms with Crippen LogP contribution in [0.15, 0.2) is 40.9 Å². The molecule has 0 aromatic heterocycles. The van der Waals surface area contributed by atoms with Gasteiger partial charge in [-0.3, -0.25) is 0 Å². The van der Waals surface area contributed by atoms with Gasteiger partial charge in [-0.05, 0) is 48.9 Å². The maximum absolute atomic E-state index is 13.9. The number of rotatable bonds is 3. The summed E-state index contributed by atoms with van der Waals surface area (Å²) in [5, 5.41) is 0. The minimum atomic E-state index is -0.493. The number of thiocarbonyl (C=S) groups is 1. The molecule has 2 aromatic carbocycles. The molecule has 0 amide bonds. The number of nitrogens with two attached hydrogens (primary N) is 1. The molecule has 0 aliphatic heterocycles. The van der Waals surface area contributed by atoms with Crippen LogP contribution in [0, 0.1) is 12.7 Å². The van der Waals surface area contributed by atoms with Gasteiger partial charge in [0.05, 0.1) is 0 Å². The summed E-state index contributed by atoms with van der Waals surface area (Å²) in [5.41, 5.74) is 6.83. The van der Waals surface area contributed by atoms with Gasteiger partial charge in [-0.25, -0.2) is 4.39 Å². The summed E-state index contributed by atoms with van der Waals surface area (Å²) >= 11 is 8.16. The standard InChI is InChI=1S/C14H11BrFNOS/c1-8-6-10(15)3-5-12(8)18-13-4-2-9(14(17)19)7-11(13)16/h2-7H,1H3,(H2,17,19). The van der Waals surface area contributed by atoms with Crippen LogP contribution in [0.3, 0.4) is 0 Å². The van der Waals surface area contributed by atoms with Crippen molar-refractivity contribution in [2.24, 2.45) is 5.73 Å². The molecular formula is C14H11BrFNOS. The summed E-state index contributed by atoms with van der Waals surface area (Å²) in [4.78, 5) is 0.158. The Balaban J connectivity index is 2.31. The van der Waals surface area contributed by atoms with Crippen LogP contribution in [-0.4, -0.2) is 4.99 Å². The number of halogens is 2. The van der Waals surface area contributed by atoms with Gasteiger partial charge in [0.25, 0.3) is 0 Å². The van der Waals surface area contributed by atoms with Gasteiger partial charge in [-0.1, -0.05) is 28.1 Å². The first kappa shape index (κ1) is 14.0. The average molecular weight is 340 g/mol. The van der Waals surface area contributed by atoms with E-state index in [0.717, 1.165) is 10.0 Å². The highest BCUT2D eigenvalue weighted by molar-refractivity contribution is 9.10. The van der Waals surface area contributed by atoms with Crippen LogP contribution in [0.25, 0.3) is 0 Å². The fourth-order valence-electron chi connectivity index (χ4n) is 1.58. The third-order valence-electron chi connectivity index (χ3n) is 2.57. The molecule has 2 aromatic rings. The second-order valence-electron chi connectivity index (χ2n) is 4.02. The zero-order valence-corrected chi connectivity index (χ0v) is 12.5. The molecule has 0 heterocycles. The van der Waals surface area contributed by atoms with Gasteiger partial charge in [-0.2, -0.15) is 0 Å². The molecule has 2 nitrogen and oxygen atoms in total.